The van der Waals surface area contributed by atoms with E-state index in [4.69, 9.17) is 33.2 Å². The largest absolute Gasteiger partial charge is 0.454 e. The summed E-state index contributed by atoms with van der Waals surface area (Å²) in [6.45, 7) is 1.58. The number of benzene rings is 2. The van der Waals surface area contributed by atoms with Gasteiger partial charge in [0.25, 0.3) is 5.91 Å². The SMILES string of the molecule is Cc1nc(Cl)c(C(=O)NCc2cccc(Oc3cc(Cl)cc(C#N)c3)c2F)[nH]1. The van der Waals surface area contributed by atoms with Crippen molar-refractivity contribution in [1.82, 2.24) is 15.3 Å². The first-order valence-electron chi connectivity index (χ1n) is 8.03. The van der Waals surface area contributed by atoms with E-state index in [2.05, 4.69) is 15.3 Å². The zero-order chi connectivity index (χ0) is 20.3. The van der Waals surface area contributed by atoms with Crippen molar-refractivity contribution in [2.75, 3.05) is 0 Å². The highest BCUT2D eigenvalue weighted by atomic mass is 35.5. The molecule has 0 saturated carbocycles. The van der Waals surface area contributed by atoms with Gasteiger partial charge in [-0.1, -0.05) is 35.3 Å². The third-order valence-electron chi connectivity index (χ3n) is 3.72. The van der Waals surface area contributed by atoms with E-state index in [1.54, 1.807) is 13.0 Å². The van der Waals surface area contributed by atoms with Gasteiger partial charge in [0.15, 0.2) is 16.7 Å². The van der Waals surface area contributed by atoms with Crippen LogP contribution in [-0.4, -0.2) is 15.9 Å². The number of aryl methyl sites for hydroxylation is 1. The fraction of sp³-hybridized carbons (Fsp3) is 0.105. The minimum absolute atomic E-state index is 0.0433. The smallest absolute Gasteiger partial charge is 0.271 e. The Morgan fingerprint density at radius 1 is 1.36 bits per heavy atom. The molecule has 28 heavy (non-hydrogen) atoms. The third-order valence-corrected chi connectivity index (χ3v) is 4.21. The average molecular weight is 419 g/mol. The lowest BCUT2D eigenvalue weighted by Gasteiger charge is -2.11. The van der Waals surface area contributed by atoms with E-state index >= 15 is 0 Å². The molecule has 0 aliphatic carbocycles. The summed E-state index contributed by atoms with van der Waals surface area (Å²) in [5, 5.41) is 11.9. The lowest BCUT2D eigenvalue weighted by Crippen LogP contribution is -2.24. The van der Waals surface area contributed by atoms with Crippen molar-refractivity contribution < 1.29 is 13.9 Å². The van der Waals surface area contributed by atoms with Crippen LogP contribution in [-0.2, 0) is 6.54 Å². The molecule has 1 heterocycles. The van der Waals surface area contributed by atoms with Gasteiger partial charge in [-0.15, -0.1) is 0 Å². The molecule has 6 nitrogen and oxygen atoms in total. The number of nitriles is 1. The third kappa shape index (κ3) is 4.42. The molecule has 0 aliphatic heterocycles. The quantitative estimate of drug-likeness (QED) is 0.624. The Hall–Kier alpha value is -3.08. The molecule has 1 amide bonds. The average Bonchev–Trinajstić information content (AvgIpc) is 3.00. The summed E-state index contributed by atoms with van der Waals surface area (Å²) in [5.74, 6) is -0.495. The number of imidazole rings is 1. The van der Waals surface area contributed by atoms with Gasteiger partial charge in [0, 0.05) is 17.1 Å². The van der Waals surface area contributed by atoms with Gasteiger partial charge < -0.3 is 15.0 Å². The van der Waals surface area contributed by atoms with Crippen molar-refractivity contribution in [2.24, 2.45) is 0 Å². The van der Waals surface area contributed by atoms with Gasteiger partial charge in [0.2, 0.25) is 0 Å². The van der Waals surface area contributed by atoms with Crippen molar-refractivity contribution in [3.63, 3.8) is 0 Å². The lowest BCUT2D eigenvalue weighted by atomic mass is 10.2. The fourth-order valence-electron chi connectivity index (χ4n) is 2.46. The minimum Gasteiger partial charge on any atom is -0.454 e. The van der Waals surface area contributed by atoms with E-state index in [0.29, 0.717) is 10.8 Å². The number of hydrogen-bond acceptors (Lipinski definition) is 4. The van der Waals surface area contributed by atoms with Crippen LogP contribution in [0.25, 0.3) is 0 Å². The molecule has 2 N–H and O–H groups in total. The monoisotopic (exact) mass is 418 g/mol. The molecule has 0 fully saturated rings. The van der Waals surface area contributed by atoms with Crippen molar-refractivity contribution in [3.05, 3.63) is 75.0 Å². The summed E-state index contributed by atoms with van der Waals surface area (Å²) in [4.78, 5) is 18.8. The summed E-state index contributed by atoms with van der Waals surface area (Å²) in [6, 6.07) is 10.9. The number of amides is 1. The molecule has 1 aromatic heterocycles. The highest BCUT2D eigenvalue weighted by molar-refractivity contribution is 6.32. The Labute approximate surface area is 169 Å². The fourth-order valence-corrected chi connectivity index (χ4v) is 2.95. The van der Waals surface area contributed by atoms with E-state index in [0.717, 1.165) is 0 Å². The minimum atomic E-state index is -0.645. The number of carbonyl (C=O) groups is 1. The Bertz CT molecular complexity index is 1090. The van der Waals surface area contributed by atoms with Crippen LogP contribution < -0.4 is 10.1 Å². The second kappa shape index (κ2) is 8.30. The topological polar surface area (TPSA) is 90.8 Å². The Morgan fingerprint density at radius 3 is 2.82 bits per heavy atom. The van der Waals surface area contributed by atoms with Crippen LogP contribution in [0, 0.1) is 24.1 Å². The summed E-state index contributed by atoms with van der Waals surface area (Å²) in [6.07, 6.45) is 0. The van der Waals surface area contributed by atoms with Crippen LogP contribution in [0.1, 0.15) is 27.4 Å². The first-order valence-corrected chi connectivity index (χ1v) is 8.79. The van der Waals surface area contributed by atoms with Crippen molar-refractivity contribution in [3.8, 4) is 17.6 Å². The number of aromatic amines is 1. The molecule has 0 bridgehead atoms. The van der Waals surface area contributed by atoms with E-state index in [1.165, 1.54) is 30.3 Å². The first-order chi connectivity index (χ1) is 13.4. The molecule has 0 atom stereocenters. The molecular formula is C19H13Cl2FN4O2. The Kier molecular flexibility index (Phi) is 5.83. The predicted molar refractivity (Wildman–Crippen MR) is 102 cm³/mol. The second-order valence-electron chi connectivity index (χ2n) is 5.79. The number of H-pyrrole nitrogens is 1. The second-order valence-corrected chi connectivity index (χ2v) is 6.58. The van der Waals surface area contributed by atoms with Crippen LogP contribution in [0.3, 0.4) is 0 Å². The van der Waals surface area contributed by atoms with E-state index in [9.17, 15) is 9.18 Å². The van der Waals surface area contributed by atoms with Crippen LogP contribution in [0.2, 0.25) is 10.2 Å². The predicted octanol–water partition coefficient (Wildman–Crippen LogP) is 4.76. The molecule has 2 aromatic carbocycles. The molecule has 3 aromatic rings. The summed E-state index contributed by atoms with van der Waals surface area (Å²) in [7, 11) is 0. The standard InChI is InChI=1S/C19H13Cl2FN4O2/c1-10-25-17(18(21)26-10)19(27)24-9-12-3-2-4-15(16(12)22)28-14-6-11(8-23)5-13(20)7-14/h2-7H,9H2,1H3,(H,24,27)(H,25,26). The van der Waals surface area contributed by atoms with Crippen LogP contribution in [0.15, 0.2) is 36.4 Å². The van der Waals surface area contributed by atoms with Crippen LogP contribution >= 0.6 is 23.2 Å². The molecular weight excluding hydrogens is 406 g/mol. The molecule has 0 unspecified atom stereocenters. The van der Waals surface area contributed by atoms with Gasteiger partial charge in [-0.2, -0.15) is 5.26 Å². The number of rotatable bonds is 5. The normalized spacial score (nSPS) is 10.4. The van der Waals surface area contributed by atoms with Crippen LogP contribution in [0.5, 0.6) is 11.5 Å². The molecule has 0 radical (unpaired) electrons. The number of aromatic nitrogens is 2. The van der Waals surface area contributed by atoms with Gasteiger partial charge in [-0.25, -0.2) is 9.37 Å². The van der Waals surface area contributed by atoms with Gasteiger partial charge in [0.05, 0.1) is 11.6 Å². The highest BCUT2D eigenvalue weighted by Crippen LogP contribution is 2.29. The van der Waals surface area contributed by atoms with E-state index in [-0.39, 0.29) is 40.0 Å². The van der Waals surface area contributed by atoms with Crippen LogP contribution in [0.4, 0.5) is 4.39 Å². The maximum atomic E-state index is 14.8. The molecule has 3 rings (SSSR count). The Morgan fingerprint density at radius 2 is 2.14 bits per heavy atom. The lowest BCUT2D eigenvalue weighted by molar-refractivity contribution is 0.0946. The zero-order valence-electron chi connectivity index (χ0n) is 14.5. The summed E-state index contributed by atoms with van der Waals surface area (Å²) < 4.78 is 20.3. The highest BCUT2D eigenvalue weighted by Gasteiger charge is 2.16. The van der Waals surface area contributed by atoms with Crippen molar-refractivity contribution in [2.45, 2.75) is 13.5 Å². The number of ether oxygens (including phenoxy) is 1. The number of carbonyl (C=O) groups excluding carboxylic acids is 1. The number of halogens is 3. The van der Waals surface area contributed by atoms with Gasteiger partial charge >= 0.3 is 0 Å². The zero-order valence-corrected chi connectivity index (χ0v) is 16.0. The molecule has 142 valence electrons. The number of nitrogens with zero attached hydrogens (tertiary/aromatic N) is 2. The van der Waals surface area contributed by atoms with Gasteiger partial charge in [-0.05, 0) is 31.2 Å². The van der Waals surface area contributed by atoms with Gasteiger partial charge in [-0.3, -0.25) is 4.79 Å². The number of nitrogens with one attached hydrogen (secondary N) is 2. The first kappa shape index (κ1) is 19.7. The van der Waals surface area contributed by atoms with Gasteiger partial charge in [0.1, 0.15) is 17.3 Å². The van der Waals surface area contributed by atoms with E-state index < -0.39 is 11.7 Å². The summed E-state index contributed by atoms with van der Waals surface area (Å²) >= 11 is 11.8. The molecule has 9 heteroatoms. The Balaban J connectivity index is 1.76. The van der Waals surface area contributed by atoms with Crippen molar-refractivity contribution in [1.29, 1.82) is 5.26 Å². The number of hydrogen-bond donors (Lipinski definition) is 2. The molecule has 0 saturated heterocycles. The molecule has 0 spiro atoms. The maximum absolute atomic E-state index is 14.8. The molecule has 0 aliphatic rings. The van der Waals surface area contributed by atoms with Crippen molar-refractivity contribution >= 4 is 29.1 Å². The maximum Gasteiger partial charge on any atom is 0.271 e. The summed E-state index contributed by atoms with van der Waals surface area (Å²) in [5.41, 5.74) is 0.605. The van der Waals surface area contributed by atoms with E-state index in [1.807, 2.05) is 6.07 Å².